The molecule has 3 heteroatoms. The first kappa shape index (κ1) is 12.1. The molecule has 2 aromatic rings. The Morgan fingerprint density at radius 1 is 1.11 bits per heavy atom. The third-order valence-corrected chi connectivity index (χ3v) is 2.79. The molecule has 2 rings (SSSR count). The third-order valence-electron chi connectivity index (χ3n) is 2.79. The highest BCUT2D eigenvalue weighted by Gasteiger charge is 2.07. The lowest BCUT2D eigenvalue weighted by molar-refractivity contribution is 0.627. The van der Waals surface area contributed by atoms with Gasteiger partial charge in [0.15, 0.2) is 0 Å². The Hall–Kier alpha value is -2.34. The van der Waals surface area contributed by atoms with Gasteiger partial charge in [-0.2, -0.15) is 5.26 Å². The lowest BCUT2D eigenvalue weighted by Gasteiger charge is -2.16. The number of benzene rings is 2. The van der Waals surface area contributed by atoms with Crippen molar-refractivity contribution < 1.29 is 4.39 Å². The zero-order valence-corrected chi connectivity index (χ0v) is 10.0. The molecule has 0 bridgehead atoms. The standard InChI is InChI=1S/C15H13FN2/c1-11(13-8-6-12(10-17)7-9-13)18-15-5-3-2-4-14(15)16/h2-9,11,18H,1H3. The molecule has 0 spiro atoms. The second kappa shape index (κ2) is 5.33. The molecule has 1 N–H and O–H groups in total. The van der Waals surface area contributed by atoms with Gasteiger partial charge in [0.25, 0.3) is 0 Å². The van der Waals surface area contributed by atoms with Gasteiger partial charge < -0.3 is 5.32 Å². The fraction of sp³-hybridized carbons (Fsp3) is 0.133. The Bertz CT molecular complexity index is 570. The smallest absolute Gasteiger partial charge is 0.146 e. The highest BCUT2D eigenvalue weighted by molar-refractivity contribution is 5.47. The van der Waals surface area contributed by atoms with E-state index in [1.807, 2.05) is 19.1 Å². The van der Waals surface area contributed by atoms with Gasteiger partial charge in [-0.3, -0.25) is 0 Å². The molecule has 18 heavy (non-hydrogen) atoms. The summed E-state index contributed by atoms with van der Waals surface area (Å²) in [6.07, 6.45) is 0. The normalized spacial score (nSPS) is 11.6. The maximum atomic E-state index is 13.5. The first-order chi connectivity index (χ1) is 8.70. The molecule has 0 heterocycles. The quantitative estimate of drug-likeness (QED) is 0.884. The molecule has 0 saturated heterocycles. The second-order valence-corrected chi connectivity index (χ2v) is 4.08. The zero-order chi connectivity index (χ0) is 13.0. The summed E-state index contributed by atoms with van der Waals surface area (Å²) in [5, 5.41) is 11.8. The van der Waals surface area contributed by atoms with Gasteiger partial charge >= 0.3 is 0 Å². The molecule has 1 atom stereocenters. The molecule has 0 saturated carbocycles. The van der Waals surface area contributed by atoms with Gasteiger partial charge in [0.2, 0.25) is 0 Å². The Morgan fingerprint density at radius 3 is 2.39 bits per heavy atom. The summed E-state index contributed by atoms with van der Waals surface area (Å²) in [6, 6.07) is 15.9. The Morgan fingerprint density at radius 2 is 1.78 bits per heavy atom. The van der Waals surface area contributed by atoms with Crippen molar-refractivity contribution in [3.8, 4) is 6.07 Å². The molecule has 0 fully saturated rings. The fourth-order valence-corrected chi connectivity index (χ4v) is 1.74. The largest absolute Gasteiger partial charge is 0.376 e. The van der Waals surface area contributed by atoms with E-state index in [0.29, 0.717) is 11.3 Å². The molecule has 0 aliphatic rings. The van der Waals surface area contributed by atoms with Crippen molar-refractivity contribution >= 4 is 5.69 Å². The molecule has 90 valence electrons. The number of nitriles is 1. The van der Waals surface area contributed by atoms with Crippen molar-refractivity contribution in [2.75, 3.05) is 5.32 Å². The van der Waals surface area contributed by atoms with Crippen LogP contribution in [0, 0.1) is 17.1 Å². The molecule has 2 nitrogen and oxygen atoms in total. The van der Waals surface area contributed by atoms with Crippen LogP contribution < -0.4 is 5.32 Å². The van der Waals surface area contributed by atoms with E-state index >= 15 is 0 Å². The number of anilines is 1. The summed E-state index contributed by atoms with van der Waals surface area (Å²) in [6.45, 7) is 1.95. The topological polar surface area (TPSA) is 35.8 Å². The first-order valence-corrected chi connectivity index (χ1v) is 5.72. The molecular weight excluding hydrogens is 227 g/mol. The van der Waals surface area contributed by atoms with E-state index < -0.39 is 0 Å². The van der Waals surface area contributed by atoms with Crippen LogP contribution in [0.3, 0.4) is 0 Å². The lowest BCUT2D eigenvalue weighted by atomic mass is 10.1. The van der Waals surface area contributed by atoms with Crippen LogP contribution in [-0.2, 0) is 0 Å². The third kappa shape index (κ3) is 2.67. The minimum absolute atomic E-state index is 0.0188. The van der Waals surface area contributed by atoms with Crippen molar-refractivity contribution in [1.82, 2.24) is 0 Å². The molecule has 2 aromatic carbocycles. The highest BCUT2D eigenvalue weighted by Crippen LogP contribution is 2.21. The molecule has 0 amide bonds. The van der Waals surface area contributed by atoms with E-state index in [1.54, 1.807) is 30.3 Å². The highest BCUT2D eigenvalue weighted by atomic mass is 19.1. The lowest BCUT2D eigenvalue weighted by Crippen LogP contribution is -2.07. The average Bonchev–Trinajstić information content (AvgIpc) is 2.41. The number of hydrogen-bond donors (Lipinski definition) is 1. The van der Waals surface area contributed by atoms with Crippen LogP contribution >= 0.6 is 0 Å². The SMILES string of the molecule is CC(Nc1ccccc1F)c1ccc(C#N)cc1. The predicted octanol–water partition coefficient (Wildman–Crippen LogP) is 3.87. The van der Waals surface area contributed by atoms with Gasteiger partial charge in [0, 0.05) is 6.04 Å². The summed E-state index contributed by atoms with van der Waals surface area (Å²) in [4.78, 5) is 0. The van der Waals surface area contributed by atoms with Gasteiger partial charge in [0.05, 0.1) is 17.3 Å². The predicted molar refractivity (Wildman–Crippen MR) is 69.6 cm³/mol. The summed E-state index contributed by atoms with van der Waals surface area (Å²) < 4.78 is 13.5. The summed E-state index contributed by atoms with van der Waals surface area (Å²) >= 11 is 0. The van der Waals surface area contributed by atoms with Gasteiger partial charge in [-0.15, -0.1) is 0 Å². The monoisotopic (exact) mass is 240 g/mol. The number of nitrogens with zero attached hydrogens (tertiary/aromatic N) is 1. The van der Waals surface area contributed by atoms with Crippen molar-refractivity contribution in [2.45, 2.75) is 13.0 Å². The molecule has 1 unspecified atom stereocenters. The van der Waals surface area contributed by atoms with E-state index in [0.717, 1.165) is 5.56 Å². The molecule has 0 aromatic heterocycles. The summed E-state index contributed by atoms with van der Waals surface area (Å²) in [5.41, 5.74) is 2.11. The zero-order valence-electron chi connectivity index (χ0n) is 10.0. The van der Waals surface area contributed by atoms with Crippen LogP contribution in [0.1, 0.15) is 24.1 Å². The number of rotatable bonds is 3. The minimum atomic E-state index is -0.266. The fourth-order valence-electron chi connectivity index (χ4n) is 1.74. The minimum Gasteiger partial charge on any atom is -0.376 e. The number of hydrogen-bond acceptors (Lipinski definition) is 2. The number of halogens is 1. The van der Waals surface area contributed by atoms with E-state index in [2.05, 4.69) is 11.4 Å². The van der Waals surface area contributed by atoms with Crippen molar-refractivity contribution in [3.05, 3.63) is 65.5 Å². The van der Waals surface area contributed by atoms with Crippen LogP contribution in [0.2, 0.25) is 0 Å². The maximum Gasteiger partial charge on any atom is 0.146 e. The van der Waals surface area contributed by atoms with Crippen LogP contribution in [-0.4, -0.2) is 0 Å². The van der Waals surface area contributed by atoms with Crippen molar-refractivity contribution in [2.24, 2.45) is 0 Å². The number of nitrogens with one attached hydrogen (secondary N) is 1. The second-order valence-electron chi connectivity index (χ2n) is 4.08. The number of para-hydroxylation sites is 1. The molecular formula is C15H13FN2. The molecule has 0 aliphatic carbocycles. The molecule has 0 aliphatic heterocycles. The van der Waals surface area contributed by atoms with E-state index in [-0.39, 0.29) is 11.9 Å². The van der Waals surface area contributed by atoms with Crippen LogP contribution in [0.5, 0.6) is 0 Å². The van der Waals surface area contributed by atoms with Gasteiger partial charge in [-0.25, -0.2) is 4.39 Å². The van der Waals surface area contributed by atoms with Gasteiger partial charge in [-0.05, 0) is 36.8 Å². The average molecular weight is 240 g/mol. The van der Waals surface area contributed by atoms with Crippen molar-refractivity contribution in [1.29, 1.82) is 5.26 Å². The van der Waals surface area contributed by atoms with Crippen LogP contribution in [0.25, 0.3) is 0 Å². The first-order valence-electron chi connectivity index (χ1n) is 5.72. The Labute approximate surface area is 106 Å². The van der Waals surface area contributed by atoms with Crippen LogP contribution in [0.4, 0.5) is 10.1 Å². The summed E-state index contributed by atoms with van der Waals surface area (Å²) in [5.74, 6) is -0.266. The van der Waals surface area contributed by atoms with Crippen molar-refractivity contribution in [3.63, 3.8) is 0 Å². The summed E-state index contributed by atoms with van der Waals surface area (Å²) in [7, 11) is 0. The van der Waals surface area contributed by atoms with E-state index in [9.17, 15) is 4.39 Å². The van der Waals surface area contributed by atoms with Crippen LogP contribution in [0.15, 0.2) is 48.5 Å². The Balaban J connectivity index is 2.15. The molecule has 0 radical (unpaired) electrons. The van der Waals surface area contributed by atoms with Gasteiger partial charge in [-0.1, -0.05) is 24.3 Å². The van der Waals surface area contributed by atoms with Gasteiger partial charge in [0.1, 0.15) is 5.82 Å². The van der Waals surface area contributed by atoms with E-state index in [1.165, 1.54) is 6.07 Å². The Kier molecular flexibility index (Phi) is 3.59. The maximum absolute atomic E-state index is 13.5. The van der Waals surface area contributed by atoms with E-state index in [4.69, 9.17) is 5.26 Å².